The molecule has 1 N–H and O–H groups in total. The third-order valence-corrected chi connectivity index (χ3v) is 5.29. The number of nitrogens with zero attached hydrogens (tertiary/aromatic N) is 1. The maximum Gasteiger partial charge on any atom is 0.238 e. The van der Waals surface area contributed by atoms with E-state index in [1.807, 2.05) is 30.3 Å². The first-order chi connectivity index (χ1) is 11.4. The van der Waals surface area contributed by atoms with Crippen molar-refractivity contribution in [3.8, 4) is 0 Å². The van der Waals surface area contributed by atoms with Crippen LogP contribution in [-0.4, -0.2) is 43.2 Å². The van der Waals surface area contributed by atoms with Gasteiger partial charge in [0.1, 0.15) is 5.75 Å². The van der Waals surface area contributed by atoms with Gasteiger partial charge in [-0.05, 0) is 29.8 Å². The van der Waals surface area contributed by atoms with E-state index in [-0.39, 0.29) is 24.6 Å². The number of aliphatic hydroxyl groups excluding tert-OH is 1. The monoisotopic (exact) mass is 367 g/mol. The van der Waals surface area contributed by atoms with Crippen LogP contribution in [0, 0.1) is 0 Å². The summed E-state index contributed by atoms with van der Waals surface area (Å²) < 4.78 is 24.7. The lowest BCUT2D eigenvalue weighted by atomic mass is 10.2. The molecule has 0 heterocycles. The zero-order valence-electron chi connectivity index (χ0n) is 12.9. The van der Waals surface area contributed by atoms with Crippen LogP contribution in [0.3, 0.4) is 0 Å². The maximum atomic E-state index is 12.4. The summed E-state index contributed by atoms with van der Waals surface area (Å²) in [6.07, 6.45) is 0. The molecular formula is C17H18ClNO4S. The lowest BCUT2D eigenvalue weighted by Gasteiger charge is -2.22. The van der Waals surface area contributed by atoms with Gasteiger partial charge in [0.15, 0.2) is 9.84 Å². The molecular weight excluding hydrogens is 350 g/mol. The lowest BCUT2D eigenvalue weighted by Crippen LogP contribution is -2.37. The van der Waals surface area contributed by atoms with Crippen molar-refractivity contribution in [1.29, 1.82) is 0 Å². The highest BCUT2D eigenvalue weighted by Gasteiger charge is 2.23. The molecule has 0 aliphatic rings. The molecule has 0 saturated heterocycles. The van der Waals surface area contributed by atoms with Gasteiger partial charge in [0.05, 0.1) is 11.5 Å². The Morgan fingerprint density at radius 1 is 1.04 bits per heavy atom. The zero-order chi connectivity index (χ0) is 17.6. The molecule has 0 unspecified atom stereocenters. The molecule has 0 spiro atoms. The second-order valence-electron chi connectivity index (χ2n) is 5.24. The number of halogens is 1. The zero-order valence-corrected chi connectivity index (χ0v) is 14.5. The fourth-order valence-corrected chi connectivity index (χ4v) is 3.55. The van der Waals surface area contributed by atoms with Crippen LogP contribution in [0.2, 0.25) is 5.02 Å². The van der Waals surface area contributed by atoms with E-state index >= 15 is 0 Å². The van der Waals surface area contributed by atoms with E-state index in [4.69, 9.17) is 16.7 Å². The first-order valence-electron chi connectivity index (χ1n) is 7.33. The molecule has 0 saturated carbocycles. The molecule has 0 bridgehead atoms. The average Bonchev–Trinajstić information content (AvgIpc) is 2.55. The summed E-state index contributed by atoms with van der Waals surface area (Å²) >= 11 is 5.75. The molecule has 24 heavy (non-hydrogen) atoms. The molecule has 2 rings (SSSR count). The largest absolute Gasteiger partial charge is 0.395 e. The van der Waals surface area contributed by atoms with Gasteiger partial charge < -0.3 is 10.0 Å². The van der Waals surface area contributed by atoms with Crippen LogP contribution in [0.1, 0.15) is 5.56 Å². The number of amides is 1. The lowest BCUT2D eigenvalue weighted by molar-refractivity contribution is -0.129. The molecule has 0 aliphatic carbocycles. The van der Waals surface area contributed by atoms with Gasteiger partial charge >= 0.3 is 0 Å². The smallest absolute Gasteiger partial charge is 0.238 e. The van der Waals surface area contributed by atoms with E-state index in [0.29, 0.717) is 5.02 Å². The predicted molar refractivity (Wildman–Crippen MR) is 92.4 cm³/mol. The van der Waals surface area contributed by atoms with E-state index in [0.717, 1.165) is 5.56 Å². The van der Waals surface area contributed by atoms with Gasteiger partial charge in [-0.3, -0.25) is 4.79 Å². The third kappa shape index (κ3) is 5.06. The Labute approximate surface area is 146 Å². The number of benzene rings is 2. The Bertz CT molecular complexity index is 776. The van der Waals surface area contributed by atoms with Crippen molar-refractivity contribution >= 4 is 27.3 Å². The first-order valence-corrected chi connectivity index (χ1v) is 9.36. The van der Waals surface area contributed by atoms with Gasteiger partial charge in [-0.1, -0.05) is 41.9 Å². The minimum atomic E-state index is -3.76. The number of hydrogen-bond donors (Lipinski definition) is 1. The van der Waals surface area contributed by atoms with Crippen molar-refractivity contribution in [3.05, 3.63) is 65.2 Å². The summed E-state index contributed by atoms with van der Waals surface area (Å²) in [6.45, 7) is 0.0831. The third-order valence-electron chi connectivity index (χ3n) is 3.43. The molecule has 0 aliphatic heterocycles. The summed E-state index contributed by atoms with van der Waals surface area (Å²) in [5, 5.41) is 9.57. The number of sulfone groups is 1. The minimum Gasteiger partial charge on any atom is -0.395 e. The highest BCUT2D eigenvalue weighted by molar-refractivity contribution is 7.92. The van der Waals surface area contributed by atoms with E-state index < -0.39 is 21.5 Å². The Balaban J connectivity index is 2.13. The molecule has 0 radical (unpaired) electrons. The number of aliphatic hydroxyl groups is 1. The average molecular weight is 368 g/mol. The number of hydrogen-bond acceptors (Lipinski definition) is 4. The Morgan fingerprint density at radius 3 is 2.25 bits per heavy atom. The van der Waals surface area contributed by atoms with E-state index in [9.17, 15) is 13.2 Å². The molecule has 7 heteroatoms. The van der Waals surface area contributed by atoms with Gasteiger partial charge in [-0.25, -0.2) is 8.42 Å². The van der Waals surface area contributed by atoms with Crippen LogP contribution < -0.4 is 0 Å². The van der Waals surface area contributed by atoms with Crippen molar-refractivity contribution in [3.63, 3.8) is 0 Å². The number of carbonyl (C=O) groups excluding carboxylic acids is 1. The van der Waals surface area contributed by atoms with Crippen LogP contribution in [0.25, 0.3) is 0 Å². The summed E-state index contributed by atoms with van der Waals surface area (Å²) in [5.74, 6) is -1.20. The summed E-state index contributed by atoms with van der Waals surface area (Å²) in [5.41, 5.74) is 0.864. The van der Waals surface area contributed by atoms with Crippen LogP contribution in [0.4, 0.5) is 0 Å². The molecule has 0 atom stereocenters. The van der Waals surface area contributed by atoms with Crippen LogP contribution >= 0.6 is 11.6 Å². The van der Waals surface area contributed by atoms with Crippen molar-refractivity contribution in [2.75, 3.05) is 18.9 Å². The van der Waals surface area contributed by atoms with Gasteiger partial charge in [-0.15, -0.1) is 0 Å². The molecule has 0 aromatic heterocycles. The molecule has 2 aromatic carbocycles. The second kappa shape index (κ2) is 8.28. The van der Waals surface area contributed by atoms with Gasteiger partial charge in [0, 0.05) is 18.1 Å². The quantitative estimate of drug-likeness (QED) is 0.813. The van der Waals surface area contributed by atoms with Crippen molar-refractivity contribution in [2.45, 2.75) is 11.4 Å². The minimum absolute atomic E-state index is 0.0453. The van der Waals surface area contributed by atoms with Crippen LogP contribution in [0.15, 0.2) is 59.5 Å². The Morgan fingerprint density at radius 2 is 1.67 bits per heavy atom. The standard InChI is InChI=1S/C17H18ClNO4S/c18-15-6-8-16(9-7-15)24(22,23)13-17(21)19(10-11-20)12-14-4-2-1-3-5-14/h1-9,20H,10-13H2. The molecule has 5 nitrogen and oxygen atoms in total. The summed E-state index contributed by atoms with van der Waals surface area (Å²) in [6, 6.07) is 14.9. The van der Waals surface area contributed by atoms with Crippen LogP contribution in [0.5, 0.6) is 0 Å². The topological polar surface area (TPSA) is 74.7 Å². The first kappa shape index (κ1) is 18.4. The SMILES string of the molecule is O=C(CS(=O)(=O)c1ccc(Cl)cc1)N(CCO)Cc1ccccc1. The highest BCUT2D eigenvalue weighted by atomic mass is 35.5. The highest BCUT2D eigenvalue weighted by Crippen LogP contribution is 2.16. The molecule has 1 amide bonds. The number of carbonyl (C=O) groups is 1. The Hall–Kier alpha value is -1.89. The molecule has 2 aromatic rings. The molecule has 0 fully saturated rings. The summed E-state index contributed by atoms with van der Waals surface area (Å²) in [7, 11) is -3.76. The van der Waals surface area contributed by atoms with Gasteiger partial charge in [0.2, 0.25) is 5.91 Å². The Kier molecular flexibility index (Phi) is 6.36. The van der Waals surface area contributed by atoms with Gasteiger partial charge in [0.25, 0.3) is 0 Å². The second-order valence-corrected chi connectivity index (χ2v) is 7.66. The maximum absolute atomic E-state index is 12.4. The van der Waals surface area contributed by atoms with Crippen molar-refractivity contribution in [1.82, 2.24) is 4.90 Å². The number of rotatable bonds is 7. The summed E-state index contributed by atoms with van der Waals surface area (Å²) in [4.78, 5) is 13.8. The normalized spacial score (nSPS) is 11.2. The van der Waals surface area contributed by atoms with E-state index in [1.165, 1.54) is 29.2 Å². The fourth-order valence-electron chi connectivity index (χ4n) is 2.20. The predicted octanol–water partition coefficient (Wildman–Crippen LogP) is 2.13. The molecule has 128 valence electrons. The van der Waals surface area contributed by atoms with Crippen molar-refractivity contribution < 1.29 is 18.3 Å². The van der Waals surface area contributed by atoms with Gasteiger partial charge in [-0.2, -0.15) is 0 Å². The fraction of sp³-hybridized carbons (Fsp3) is 0.235. The van der Waals surface area contributed by atoms with E-state index in [1.54, 1.807) is 0 Å². The van der Waals surface area contributed by atoms with Crippen LogP contribution in [-0.2, 0) is 21.2 Å². The van der Waals surface area contributed by atoms with E-state index in [2.05, 4.69) is 0 Å². The van der Waals surface area contributed by atoms with Crippen molar-refractivity contribution in [2.24, 2.45) is 0 Å².